The number of likely N-dealkylation sites (N-methyl/N-ethyl adjacent to an activating group) is 1. The second-order valence-electron chi connectivity index (χ2n) is 5.26. The van der Waals surface area contributed by atoms with Crippen LogP contribution in [0.5, 0.6) is 0 Å². The molecule has 0 fully saturated rings. The van der Waals surface area contributed by atoms with E-state index in [1.165, 1.54) is 0 Å². The molecule has 0 saturated carbocycles. The van der Waals surface area contributed by atoms with Crippen LogP contribution in [0.15, 0.2) is 10.6 Å². The van der Waals surface area contributed by atoms with E-state index in [9.17, 15) is 0 Å². The fraction of sp³-hybridized carbons (Fsp3) is 0.769. The normalized spacial score (nSPS) is 12.3. The van der Waals surface area contributed by atoms with Gasteiger partial charge in [-0.1, -0.05) is 12.1 Å². The summed E-state index contributed by atoms with van der Waals surface area (Å²) < 4.78 is 10.9. The van der Waals surface area contributed by atoms with E-state index in [0.717, 1.165) is 24.5 Å². The summed E-state index contributed by atoms with van der Waals surface area (Å²) in [6.45, 7) is 9.14. The van der Waals surface area contributed by atoms with Gasteiger partial charge in [0.15, 0.2) is 5.76 Å². The van der Waals surface area contributed by atoms with Gasteiger partial charge >= 0.3 is 0 Å². The number of ether oxygens (including phenoxy) is 1. The van der Waals surface area contributed by atoms with Gasteiger partial charge in [0.1, 0.15) is 6.61 Å². The van der Waals surface area contributed by atoms with Crippen LogP contribution < -0.4 is 5.32 Å². The minimum atomic E-state index is 0.0205. The Morgan fingerprint density at radius 3 is 2.78 bits per heavy atom. The van der Waals surface area contributed by atoms with Crippen molar-refractivity contribution in [3.05, 3.63) is 17.5 Å². The molecule has 0 aliphatic rings. The van der Waals surface area contributed by atoms with Crippen LogP contribution in [-0.4, -0.2) is 42.8 Å². The predicted octanol–water partition coefficient (Wildman–Crippen LogP) is 1.64. The van der Waals surface area contributed by atoms with Crippen molar-refractivity contribution in [2.75, 3.05) is 27.2 Å². The van der Waals surface area contributed by atoms with Crippen LogP contribution in [0.2, 0.25) is 0 Å². The third-order valence-corrected chi connectivity index (χ3v) is 3.07. The van der Waals surface area contributed by atoms with Crippen LogP contribution in [-0.2, 0) is 17.9 Å². The smallest absolute Gasteiger partial charge is 0.162 e. The second kappa shape index (κ2) is 6.87. The summed E-state index contributed by atoms with van der Waals surface area (Å²) in [5, 5.41) is 7.18. The molecule has 18 heavy (non-hydrogen) atoms. The number of hydrogen-bond acceptors (Lipinski definition) is 5. The maximum absolute atomic E-state index is 5.67. The van der Waals surface area contributed by atoms with E-state index in [1.54, 1.807) is 0 Å². The Hall–Kier alpha value is -0.910. The average Bonchev–Trinajstić information content (AvgIpc) is 2.74. The molecule has 104 valence electrons. The zero-order valence-corrected chi connectivity index (χ0v) is 12.1. The molecule has 1 N–H and O–H groups in total. The van der Waals surface area contributed by atoms with Crippen LogP contribution >= 0.6 is 0 Å². The average molecular weight is 255 g/mol. The van der Waals surface area contributed by atoms with Crippen molar-refractivity contribution in [2.24, 2.45) is 0 Å². The summed E-state index contributed by atoms with van der Waals surface area (Å²) in [6.07, 6.45) is 0. The topological polar surface area (TPSA) is 50.5 Å². The van der Waals surface area contributed by atoms with Crippen LogP contribution in [0.4, 0.5) is 0 Å². The van der Waals surface area contributed by atoms with Crippen molar-refractivity contribution in [3.63, 3.8) is 0 Å². The van der Waals surface area contributed by atoms with Gasteiger partial charge in [0.05, 0.1) is 12.3 Å². The van der Waals surface area contributed by atoms with Gasteiger partial charge in [-0.25, -0.2) is 0 Å². The fourth-order valence-electron chi connectivity index (χ4n) is 1.29. The molecule has 0 radical (unpaired) electrons. The van der Waals surface area contributed by atoms with Crippen molar-refractivity contribution in [1.29, 1.82) is 0 Å². The van der Waals surface area contributed by atoms with E-state index in [4.69, 9.17) is 9.26 Å². The summed E-state index contributed by atoms with van der Waals surface area (Å²) in [5.41, 5.74) is 0.939. The highest BCUT2D eigenvalue weighted by Crippen LogP contribution is 2.12. The minimum Gasteiger partial charge on any atom is -0.371 e. The highest BCUT2D eigenvalue weighted by Gasteiger charge is 2.20. The molecule has 5 heteroatoms. The monoisotopic (exact) mass is 255 g/mol. The van der Waals surface area contributed by atoms with Gasteiger partial charge in [-0.3, -0.25) is 0 Å². The first kappa shape index (κ1) is 15.1. The molecule has 5 nitrogen and oxygen atoms in total. The van der Waals surface area contributed by atoms with Gasteiger partial charge in [0, 0.05) is 18.2 Å². The minimum absolute atomic E-state index is 0.0205. The molecule has 0 unspecified atom stereocenters. The molecule has 0 bridgehead atoms. The van der Waals surface area contributed by atoms with Gasteiger partial charge in [0.2, 0.25) is 0 Å². The Morgan fingerprint density at radius 2 is 2.17 bits per heavy atom. The molecule has 0 spiro atoms. The van der Waals surface area contributed by atoms with Crippen LogP contribution in [0.1, 0.15) is 32.2 Å². The SMILES string of the molecule is CCNCc1cc(COCC(C)(C)N(C)C)on1. The first-order valence-corrected chi connectivity index (χ1v) is 6.36. The largest absolute Gasteiger partial charge is 0.371 e. The Morgan fingerprint density at radius 1 is 1.44 bits per heavy atom. The van der Waals surface area contributed by atoms with Crippen molar-refractivity contribution in [1.82, 2.24) is 15.4 Å². The lowest BCUT2D eigenvalue weighted by Crippen LogP contribution is -2.42. The summed E-state index contributed by atoms with van der Waals surface area (Å²) in [4.78, 5) is 2.14. The molecular formula is C13H25N3O2. The van der Waals surface area contributed by atoms with E-state index >= 15 is 0 Å². The number of aromatic nitrogens is 1. The van der Waals surface area contributed by atoms with Crippen molar-refractivity contribution in [2.45, 2.75) is 39.5 Å². The number of hydrogen-bond donors (Lipinski definition) is 1. The van der Waals surface area contributed by atoms with Gasteiger partial charge in [-0.05, 0) is 34.5 Å². The zero-order valence-electron chi connectivity index (χ0n) is 12.1. The van der Waals surface area contributed by atoms with E-state index in [-0.39, 0.29) is 5.54 Å². The molecule has 0 aliphatic heterocycles. The lowest BCUT2D eigenvalue weighted by molar-refractivity contribution is 0.0191. The Bertz CT molecular complexity index is 348. The fourth-order valence-corrected chi connectivity index (χ4v) is 1.29. The van der Waals surface area contributed by atoms with Crippen molar-refractivity contribution >= 4 is 0 Å². The zero-order chi connectivity index (χ0) is 13.6. The highest BCUT2D eigenvalue weighted by atomic mass is 16.5. The van der Waals surface area contributed by atoms with Crippen molar-refractivity contribution in [3.8, 4) is 0 Å². The number of nitrogens with one attached hydrogen (secondary N) is 1. The number of nitrogens with zero attached hydrogens (tertiary/aromatic N) is 2. The van der Waals surface area contributed by atoms with E-state index in [2.05, 4.69) is 36.1 Å². The summed E-state index contributed by atoms with van der Waals surface area (Å²) in [5.74, 6) is 0.775. The third kappa shape index (κ3) is 4.76. The molecule has 0 atom stereocenters. The predicted molar refractivity (Wildman–Crippen MR) is 71.3 cm³/mol. The molecule has 1 heterocycles. The highest BCUT2D eigenvalue weighted by molar-refractivity contribution is 5.04. The molecule has 0 aromatic carbocycles. The molecule has 0 aliphatic carbocycles. The van der Waals surface area contributed by atoms with Crippen LogP contribution in [0, 0.1) is 0 Å². The van der Waals surface area contributed by atoms with Gasteiger partial charge in [-0.15, -0.1) is 0 Å². The van der Waals surface area contributed by atoms with Gasteiger partial charge in [-0.2, -0.15) is 0 Å². The Labute approximate surface area is 109 Å². The third-order valence-electron chi connectivity index (χ3n) is 3.07. The summed E-state index contributed by atoms with van der Waals surface area (Å²) in [7, 11) is 4.10. The van der Waals surface area contributed by atoms with E-state index in [1.807, 2.05) is 20.2 Å². The molecule has 1 aromatic rings. The summed E-state index contributed by atoms with van der Waals surface area (Å²) >= 11 is 0. The van der Waals surface area contributed by atoms with E-state index in [0.29, 0.717) is 13.2 Å². The van der Waals surface area contributed by atoms with Crippen LogP contribution in [0.25, 0.3) is 0 Å². The van der Waals surface area contributed by atoms with Gasteiger partial charge < -0.3 is 19.5 Å². The lowest BCUT2D eigenvalue weighted by Gasteiger charge is -2.31. The molecule has 1 aromatic heterocycles. The molecule has 0 amide bonds. The maximum Gasteiger partial charge on any atom is 0.162 e. The molecular weight excluding hydrogens is 230 g/mol. The summed E-state index contributed by atoms with van der Waals surface area (Å²) in [6, 6.07) is 1.94. The Balaban J connectivity index is 2.33. The first-order valence-electron chi connectivity index (χ1n) is 6.36. The quantitative estimate of drug-likeness (QED) is 0.765. The first-order chi connectivity index (χ1) is 8.45. The van der Waals surface area contributed by atoms with Crippen LogP contribution in [0.3, 0.4) is 0 Å². The Kier molecular flexibility index (Phi) is 5.78. The molecule has 0 saturated heterocycles. The number of rotatable bonds is 8. The second-order valence-corrected chi connectivity index (χ2v) is 5.26. The lowest BCUT2D eigenvalue weighted by atomic mass is 10.1. The van der Waals surface area contributed by atoms with E-state index < -0.39 is 0 Å². The molecule has 1 rings (SSSR count). The maximum atomic E-state index is 5.67. The van der Waals surface area contributed by atoms with Gasteiger partial charge in [0.25, 0.3) is 0 Å². The standard InChI is InChI=1S/C13H25N3O2/c1-6-14-8-11-7-12(18-15-11)9-17-10-13(2,3)16(4)5/h7,14H,6,8-10H2,1-5H3. The van der Waals surface area contributed by atoms with Crippen molar-refractivity contribution < 1.29 is 9.26 Å².